The van der Waals surface area contributed by atoms with Crippen molar-refractivity contribution in [3.05, 3.63) is 0 Å². The van der Waals surface area contributed by atoms with Crippen LogP contribution >= 0.6 is 12.6 Å². The summed E-state index contributed by atoms with van der Waals surface area (Å²) in [5.41, 5.74) is 0.860. The first-order valence-corrected chi connectivity index (χ1v) is 5.79. The lowest BCUT2D eigenvalue weighted by Crippen LogP contribution is -2.16. The second kappa shape index (κ2) is 4.22. The van der Waals surface area contributed by atoms with Crippen LogP contribution in [0.25, 0.3) is 0 Å². The van der Waals surface area contributed by atoms with Gasteiger partial charge in [-0.2, -0.15) is 12.6 Å². The van der Waals surface area contributed by atoms with Crippen LogP contribution in [0.1, 0.15) is 40.0 Å². The average Bonchev–Trinajstić information content (AvgIpc) is 2.78. The third-order valence-corrected chi connectivity index (χ3v) is 3.37. The van der Waals surface area contributed by atoms with Crippen LogP contribution in [0.3, 0.4) is 0 Å². The van der Waals surface area contributed by atoms with E-state index in [1.165, 1.54) is 12.8 Å². The number of hydrogen-bond acceptors (Lipinski definition) is 2. The highest BCUT2D eigenvalue weighted by atomic mass is 32.1. The van der Waals surface area contributed by atoms with Gasteiger partial charge in [-0.3, -0.25) is 0 Å². The SMILES string of the molecule is CC(C)(C)CCOCC1(CS)CC1. The third kappa shape index (κ3) is 4.37. The Morgan fingerprint density at radius 1 is 1.31 bits per heavy atom. The van der Waals surface area contributed by atoms with Crippen LogP contribution in [0.4, 0.5) is 0 Å². The number of hydrogen-bond donors (Lipinski definition) is 1. The first-order chi connectivity index (χ1) is 5.97. The van der Waals surface area contributed by atoms with Gasteiger partial charge in [0.25, 0.3) is 0 Å². The zero-order valence-corrected chi connectivity index (χ0v) is 9.99. The molecular weight excluding hydrogens is 180 g/mol. The van der Waals surface area contributed by atoms with Crippen LogP contribution in [-0.4, -0.2) is 19.0 Å². The van der Waals surface area contributed by atoms with Gasteiger partial charge in [0.1, 0.15) is 0 Å². The Morgan fingerprint density at radius 2 is 1.92 bits per heavy atom. The summed E-state index contributed by atoms with van der Waals surface area (Å²) in [5.74, 6) is 0.989. The minimum atomic E-state index is 0.400. The Kier molecular flexibility index (Phi) is 3.70. The summed E-state index contributed by atoms with van der Waals surface area (Å²) in [4.78, 5) is 0. The maximum absolute atomic E-state index is 5.68. The van der Waals surface area contributed by atoms with Gasteiger partial charge in [0, 0.05) is 12.0 Å². The van der Waals surface area contributed by atoms with Gasteiger partial charge in [-0.1, -0.05) is 20.8 Å². The van der Waals surface area contributed by atoms with Crippen molar-refractivity contribution in [3.63, 3.8) is 0 Å². The van der Waals surface area contributed by atoms with Crippen LogP contribution < -0.4 is 0 Å². The van der Waals surface area contributed by atoms with Crippen LogP contribution in [0.2, 0.25) is 0 Å². The summed E-state index contributed by atoms with van der Waals surface area (Å²) in [7, 11) is 0. The zero-order valence-electron chi connectivity index (χ0n) is 9.10. The summed E-state index contributed by atoms with van der Waals surface area (Å²) in [6, 6.07) is 0. The molecule has 1 fully saturated rings. The third-order valence-electron chi connectivity index (χ3n) is 2.70. The van der Waals surface area contributed by atoms with Crippen LogP contribution in [-0.2, 0) is 4.74 Å². The number of ether oxygens (including phenoxy) is 1. The molecule has 1 aliphatic rings. The molecular formula is C11H22OS. The molecule has 1 saturated carbocycles. The van der Waals surface area contributed by atoms with Crippen molar-refractivity contribution in [3.8, 4) is 0 Å². The average molecular weight is 202 g/mol. The van der Waals surface area contributed by atoms with E-state index in [-0.39, 0.29) is 0 Å². The molecule has 0 radical (unpaired) electrons. The van der Waals surface area contributed by atoms with Gasteiger partial charge >= 0.3 is 0 Å². The normalized spacial score (nSPS) is 20.3. The van der Waals surface area contributed by atoms with Gasteiger partial charge in [-0.05, 0) is 30.4 Å². The second-order valence-corrected chi connectivity index (χ2v) is 5.84. The van der Waals surface area contributed by atoms with Gasteiger partial charge in [0.05, 0.1) is 6.61 Å². The first-order valence-electron chi connectivity index (χ1n) is 5.16. The molecule has 0 unspecified atom stereocenters. The largest absolute Gasteiger partial charge is 0.381 e. The minimum absolute atomic E-state index is 0.400. The lowest BCUT2D eigenvalue weighted by atomic mass is 9.93. The van der Waals surface area contributed by atoms with Crippen LogP contribution in [0.5, 0.6) is 0 Å². The van der Waals surface area contributed by atoms with E-state index < -0.39 is 0 Å². The Balaban J connectivity index is 2.02. The lowest BCUT2D eigenvalue weighted by molar-refractivity contribution is 0.0785. The molecule has 13 heavy (non-hydrogen) atoms. The lowest BCUT2D eigenvalue weighted by Gasteiger charge is -2.19. The maximum Gasteiger partial charge on any atom is 0.0530 e. The molecule has 0 spiro atoms. The van der Waals surface area contributed by atoms with Crippen LogP contribution in [0.15, 0.2) is 0 Å². The van der Waals surface area contributed by atoms with Gasteiger partial charge in [-0.15, -0.1) is 0 Å². The topological polar surface area (TPSA) is 9.23 Å². The van der Waals surface area contributed by atoms with Crippen molar-refractivity contribution in [2.75, 3.05) is 19.0 Å². The van der Waals surface area contributed by atoms with Gasteiger partial charge in [0.2, 0.25) is 0 Å². The van der Waals surface area contributed by atoms with Crippen molar-refractivity contribution in [2.45, 2.75) is 40.0 Å². The molecule has 0 bridgehead atoms. The summed E-state index contributed by atoms with van der Waals surface area (Å²) < 4.78 is 5.68. The molecule has 0 amide bonds. The first kappa shape index (κ1) is 11.4. The van der Waals surface area contributed by atoms with E-state index in [4.69, 9.17) is 4.74 Å². The van der Waals surface area contributed by atoms with Crippen molar-refractivity contribution in [1.29, 1.82) is 0 Å². The monoisotopic (exact) mass is 202 g/mol. The maximum atomic E-state index is 5.68. The van der Waals surface area contributed by atoms with E-state index in [1.54, 1.807) is 0 Å². The van der Waals surface area contributed by atoms with Crippen molar-refractivity contribution >= 4 is 12.6 Å². The van der Waals surface area contributed by atoms with Gasteiger partial charge in [-0.25, -0.2) is 0 Å². The molecule has 0 atom stereocenters. The zero-order chi connectivity index (χ0) is 9.95. The molecule has 0 saturated heterocycles. The Labute approximate surface area is 87.7 Å². The molecule has 78 valence electrons. The minimum Gasteiger partial charge on any atom is -0.381 e. The number of rotatable bonds is 5. The Bertz CT molecular complexity index is 156. The predicted molar refractivity (Wildman–Crippen MR) is 60.4 cm³/mol. The molecule has 0 aliphatic heterocycles. The van der Waals surface area contributed by atoms with Gasteiger partial charge in [0.15, 0.2) is 0 Å². The van der Waals surface area contributed by atoms with E-state index in [9.17, 15) is 0 Å². The second-order valence-electron chi connectivity index (χ2n) is 5.52. The molecule has 0 aromatic heterocycles. The van der Waals surface area contributed by atoms with Crippen LogP contribution in [0, 0.1) is 10.8 Å². The fourth-order valence-electron chi connectivity index (χ4n) is 1.19. The highest BCUT2D eigenvalue weighted by Crippen LogP contribution is 2.46. The summed E-state index contributed by atoms with van der Waals surface area (Å²) in [6.45, 7) is 8.58. The molecule has 1 rings (SSSR count). The van der Waals surface area contributed by atoms with E-state index in [0.717, 1.165) is 25.4 Å². The summed E-state index contributed by atoms with van der Waals surface area (Å²) in [6.07, 6.45) is 3.77. The molecule has 1 aliphatic carbocycles. The Morgan fingerprint density at radius 3 is 2.31 bits per heavy atom. The molecule has 0 aromatic rings. The molecule has 0 aromatic carbocycles. The highest BCUT2D eigenvalue weighted by molar-refractivity contribution is 7.80. The van der Waals surface area contributed by atoms with E-state index in [1.807, 2.05) is 0 Å². The quantitative estimate of drug-likeness (QED) is 0.532. The fourth-order valence-corrected chi connectivity index (χ4v) is 1.60. The summed E-state index contributed by atoms with van der Waals surface area (Å²) >= 11 is 4.34. The predicted octanol–water partition coefficient (Wildman–Crippen LogP) is 3.15. The number of thiol groups is 1. The van der Waals surface area contributed by atoms with E-state index in [2.05, 4.69) is 33.4 Å². The van der Waals surface area contributed by atoms with E-state index in [0.29, 0.717) is 10.8 Å². The molecule has 0 N–H and O–H groups in total. The highest BCUT2D eigenvalue weighted by Gasteiger charge is 2.41. The Hall–Kier alpha value is 0.310. The van der Waals surface area contributed by atoms with E-state index >= 15 is 0 Å². The standard InChI is InChI=1S/C11H22OS/c1-10(2,3)6-7-12-8-11(9-13)4-5-11/h13H,4-9H2,1-3H3. The smallest absolute Gasteiger partial charge is 0.0530 e. The fraction of sp³-hybridized carbons (Fsp3) is 1.00. The molecule has 1 nitrogen and oxygen atoms in total. The molecule has 2 heteroatoms. The van der Waals surface area contributed by atoms with Gasteiger partial charge < -0.3 is 4.74 Å². The summed E-state index contributed by atoms with van der Waals surface area (Å²) in [5, 5.41) is 0. The van der Waals surface area contributed by atoms with Crippen molar-refractivity contribution < 1.29 is 4.74 Å². The van der Waals surface area contributed by atoms with Crippen molar-refractivity contribution in [2.24, 2.45) is 10.8 Å². The van der Waals surface area contributed by atoms with Crippen molar-refractivity contribution in [1.82, 2.24) is 0 Å². The molecule has 0 heterocycles.